The van der Waals surface area contributed by atoms with Crippen LogP contribution in [0.1, 0.15) is 26.2 Å². The van der Waals surface area contributed by atoms with Gasteiger partial charge < -0.3 is 5.11 Å². The van der Waals surface area contributed by atoms with Crippen molar-refractivity contribution in [2.24, 2.45) is 0 Å². The van der Waals surface area contributed by atoms with Crippen molar-refractivity contribution < 1.29 is 19.5 Å². The number of hydrogen-bond acceptors (Lipinski definition) is 6. The van der Waals surface area contributed by atoms with E-state index in [4.69, 9.17) is 0 Å². The second-order valence-corrected chi connectivity index (χ2v) is 7.56. The van der Waals surface area contributed by atoms with E-state index in [-0.39, 0.29) is 51.5 Å². The maximum absolute atomic E-state index is 11.7. The maximum atomic E-state index is 11.7. The topological polar surface area (TPSA) is 87.6 Å². The third-order valence-electron chi connectivity index (χ3n) is 3.18. The number of amides is 2. The average molecular weight is 409 g/mol. The molecule has 2 rings (SSSR count). The number of imide groups is 1. The molecular weight excluding hydrogens is 388 g/mol. The molecule has 0 aromatic carbocycles. The van der Waals surface area contributed by atoms with Crippen LogP contribution in [0.25, 0.3) is 0 Å². The molecule has 2 atom stereocenters. The van der Waals surface area contributed by atoms with Gasteiger partial charge in [0.05, 0.1) is 0 Å². The molecule has 0 spiro atoms. The normalized spacial score (nSPS) is 16.1. The Morgan fingerprint density at radius 3 is 2.42 bits per heavy atom. The summed E-state index contributed by atoms with van der Waals surface area (Å²) >= 11 is 0. The summed E-state index contributed by atoms with van der Waals surface area (Å²) < 4.78 is 0. The first-order valence-corrected chi connectivity index (χ1v) is 9.02. The van der Waals surface area contributed by atoms with Crippen LogP contribution in [0, 0.1) is 0 Å². The van der Waals surface area contributed by atoms with Gasteiger partial charge >= 0.3 is 5.97 Å². The summed E-state index contributed by atoms with van der Waals surface area (Å²) in [6, 6.07) is 4.48. The van der Waals surface area contributed by atoms with E-state index in [0.29, 0.717) is 0 Å². The number of pyridine rings is 1. The van der Waals surface area contributed by atoms with Crippen LogP contribution in [0.3, 0.4) is 0 Å². The fraction of sp³-hybridized carbons (Fsp3) is 0.429. The Balaban J connectivity index is 0.00000264. The van der Waals surface area contributed by atoms with E-state index in [1.165, 1.54) is 21.6 Å². The minimum Gasteiger partial charge on any atom is -0.480 e. The van der Waals surface area contributed by atoms with E-state index < -0.39 is 23.8 Å². The first-order chi connectivity index (χ1) is 10.5. The van der Waals surface area contributed by atoms with Crippen LogP contribution in [0.15, 0.2) is 29.4 Å². The Labute approximate surface area is 162 Å². The van der Waals surface area contributed by atoms with Gasteiger partial charge in [-0.3, -0.25) is 14.5 Å². The van der Waals surface area contributed by atoms with Crippen LogP contribution in [0.2, 0.25) is 0 Å². The lowest BCUT2D eigenvalue weighted by Gasteiger charge is -2.24. The van der Waals surface area contributed by atoms with E-state index >= 15 is 0 Å². The highest BCUT2D eigenvalue weighted by molar-refractivity contribution is 8.76. The van der Waals surface area contributed by atoms with Gasteiger partial charge in [0.15, 0.2) is 0 Å². The van der Waals surface area contributed by atoms with E-state index in [1.54, 1.807) is 6.20 Å². The van der Waals surface area contributed by atoms with E-state index in [1.807, 2.05) is 25.1 Å². The van der Waals surface area contributed by atoms with Gasteiger partial charge in [-0.15, -0.1) is 0 Å². The van der Waals surface area contributed by atoms with Crippen molar-refractivity contribution in [3.63, 3.8) is 0 Å². The molecule has 10 heteroatoms. The lowest BCUT2D eigenvalue weighted by molar-refractivity contribution is -0.154. The SMILES string of the molecule is CC(CC(C(=O)O)N1C(=O)CCC1=O)SSc1ccccn1.S.S. The summed E-state index contributed by atoms with van der Waals surface area (Å²) in [6.07, 6.45) is 2.12. The molecule has 1 aliphatic heterocycles. The van der Waals surface area contributed by atoms with Crippen LogP contribution < -0.4 is 0 Å². The molecule has 1 aliphatic rings. The third-order valence-corrected chi connectivity index (χ3v) is 5.99. The average Bonchev–Trinajstić information content (AvgIpc) is 2.83. The summed E-state index contributed by atoms with van der Waals surface area (Å²) in [7, 11) is 2.93. The molecule has 6 nitrogen and oxygen atoms in total. The highest BCUT2D eigenvalue weighted by Crippen LogP contribution is 2.35. The molecule has 1 N–H and O–H groups in total. The highest BCUT2D eigenvalue weighted by atomic mass is 33.1. The lowest BCUT2D eigenvalue weighted by Crippen LogP contribution is -2.45. The van der Waals surface area contributed by atoms with Crippen LogP contribution in [0.5, 0.6) is 0 Å². The van der Waals surface area contributed by atoms with Gasteiger partial charge in [0.1, 0.15) is 11.1 Å². The fourth-order valence-electron chi connectivity index (χ4n) is 2.14. The first-order valence-electron chi connectivity index (χ1n) is 6.81. The Kier molecular flexibility index (Phi) is 10.5. The third kappa shape index (κ3) is 6.23. The van der Waals surface area contributed by atoms with Gasteiger partial charge in [-0.1, -0.05) is 23.8 Å². The predicted molar refractivity (Wildman–Crippen MR) is 105 cm³/mol. The molecular formula is C14H20N2O4S4. The molecule has 2 unspecified atom stereocenters. The molecule has 2 amide bonds. The summed E-state index contributed by atoms with van der Waals surface area (Å²) in [5.41, 5.74) is 0. The summed E-state index contributed by atoms with van der Waals surface area (Å²) in [5.74, 6) is -1.93. The number of aromatic nitrogens is 1. The van der Waals surface area contributed by atoms with E-state index in [2.05, 4.69) is 4.98 Å². The number of likely N-dealkylation sites (tertiary alicyclic amines) is 1. The largest absolute Gasteiger partial charge is 0.480 e. The Hall–Kier alpha value is -0.840. The predicted octanol–water partition coefficient (Wildman–Crippen LogP) is 2.43. The minimum absolute atomic E-state index is 0. The number of carbonyl (C=O) groups is 3. The zero-order valence-corrected chi connectivity index (χ0v) is 16.6. The number of hydrogen-bond donors (Lipinski definition) is 1. The summed E-state index contributed by atoms with van der Waals surface area (Å²) in [6.45, 7) is 1.88. The van der Waals surface area contributed by atoms with Gasteiger partial charge in [-0.05, 0) is 29.3 Å². The number of nitrogens with zero attached hydrogens (tertiary/aromatic N) is 2. The molecule has 0 aliphatic carbocycles. The van der Waals surface area contributed by atoms with Crippen molar-refractivity contribution in [1.29, 1.82) is 0 Å². The van der Waals surface area contributed by atoms with E-state index in [9.17, 15) is 19.5 Å². The zero-order chi connectivity index (χ0) is 16.1. The Morgan fingerprint density at radius 2 is 1.92 bits per heavy atom. The molecule has 24 heavy (non-hydrogen) atoms. The maximum Gasteiger partial charge on any atom is 0.326 e. The number of aliphatic carboxylic acids is 1. The summed E-state index contributed by atoms with van der Waals surface area (Å²) in [4.78, 5) is 39.9. The van der Waals surface area contributed by atoms with Crippen molar-refractivity contribution in [2.45, 2.75) is 42.5 Å². The van der Waals surface area contributed by atoms with Crippen LogP contribution in [-0.2, 0) is 14.4 Å². The number of carboxylic acids is 1. The molecule has 2 heterocycles. The molecule has 1 saturated heterocycles. The standard InChI is InChI=1S/C14H16N2O4S2.2H2S/c1-9(21-22-11-4-2-3-7-15-11)8-10(14(19)20)16-12(17)5-6-13(16)18;;/h2-4,7,9-10H,5-6,8H2,1H3,(H,19,20);2*1H2. The minimum atomic E-state index is -1.14. The molecule has 1 aromatic heterocycles. The molecule has 134 valence electrons. The van der Waals surface area contributed by atoms with Crippen LogP contribution in [-0.4, -0.2) is 44.1 Å². The van der Waals surface area contributed by atoms with Crippen LogP contribution >= 0.6 is 48.6 Å². The van der Waals surface area contributed by atoms with Crippen molar-refractivity contribution in [2.75, 3.05) is 0 Å². The molecule has 0 bridgehead atoms. The van der Waals surface area contributed by atoms with Crippen molar-refractivity contribution in [3.05, 3.63) is 24.4 Å². The number of rotatable bonds is 7. The lowest BCUT2D eigenvalue weighted by atomic mass is 10.1. The second kappa shape index (κ2) is 10.9. The fourth-order valence-corrected chi connectivity index (χ4v) is 4.22. The number of carboxylic acid groups (broad SMARTS) is 1. The van der Waals surface area contributed by atoms with Gasteiger partial charge in [0, 0.05) is 24.3 Å². The van der Waals surface area contributed by atoms with Gasteiger partial charge in [-0.2, -0.15) is 27.0 Å². The van der Waals surface area contributed by atoms with Crippen LogP contribution in [0.4, 0.5) is 0 Å². The smallest absolute Gasteiger partial charge is 0.326 e. The summed E-state index contributed by atoms with van der Waals surface area (Å²) in [5, 5.41) is 10.1. The molecule has 0 saturated carbocycles. The first kappa shape index (κ1) is 23.2. The van der Waals surface area contributed by atoms with E-state index in [0.717, 1.165) is 9.93 Å². The number of carbonyl (C=O) groups excluding carboxylic acids is 2. The van der Waals surface area contributed by atoms with Gasteiger partial charge in [0.2, 0.25) is 11.8 Å². The Bertz CT molecular complexity index is 557. The molecule has 1 aromatic rings. The van der Waals surface area contributed by atoms with Crippen molar-refractivity contribution >= 4 is 66.4 Å². The monoisotopic (exact) mass is 408 g/mol. The van der Waals surface area contributed by atoms with Gasteiger partial charge in [-0.25, -0.2) is 9.78 Å². The quantitative estimate of drug-likeness (QED) is 0.547. The highest BCUT2D eigenvalue weighted by Gasteiger charge is 2.39. The zero-order valence-electron chi connectivity index (χ0n) is 13.0. The Morgan fingerprint density at radius 1 is 1.29 bits per heavy atom. The van der Waals surface area contributed by atoms with Crippen molar-refractivity contribution in [1.82, 2.24) is 9.88 Å². The van der Waals surface area contributed by atoms with Crippen molar-refractivity contribution in [3.8, 4) is 0 Å². The molecule has 0 radical (unpaired) electrons. The second-order valence-electron chi connectivity index (χ2n) is 4.91. The van der Waals surface area contributed by atoms with Gasteiger partial charge in [0.25, 0.3) is 0 Å². The molecule has 1 fully saturated rings.